The van der Waals surface area contributed by atoms with Crippen molar-refractivity contribution in [3.05, 3.63) is 35.7 Å². The Balaban J connectivity index is 2.89. The lowest BCUT2D eigenvalue weighted by Crippen LogP contribution is -2.13. The zero-order chi connectivity index (χ0) is 14.1. The number of carbonyl (C=O) groups excluding carboxylic acids is 2. The molecular formula is C14H17NO4. The van der Waals surface area contributed by atoms with Crippen molar-refractivity contribution >= 4 is 18.0 Å². The first-order chi connectivity index (χ1) is 9.17. The van der Waals surface area contributed by atoms with Crippen LogP contribution < -0.4 is 0 Å². The summed E-state index contributed by atoms with van der Waals surface area (Å²) in [5.74, 6) is -0.968. The Morgan fingerprint density at radius 2 is 2.00 bits per heavy atom. The molecular weight excluding hydrogens is 246 g/mol. The lowest BCUT2D eigenvalue weighted by molar-refractivity contribution is -0.145. The minimum absolute atomic E-state index is 0.110. The molecule has 0 spiro atoms. The Hall–Kier alpha value is -2.17. The molecule has 0 amide bonds. The summed E-state index contributed by atoms with van der Waals surface area (Å²) in [6.45, 7) is 3.96. The highest BCUT2D eigenvalue weighted by atomic mass is 16.5. The van der Waals surface area contributed by atoms with E-state index in [0.717, 1.165) is 5.56 Å². The van der Waals surface area contributed by atoms with Crippen LogP contribution in [0.2, 0.25) is 0 Å². The monoisotopic (exact) mass is 263 g/mol. The molecule has 5 heteroatoms. The molecule has 1 aromatic heterocycles. The zero-order valence-electron chi connectivity index (χ0n) is 11.1. The van der Waals surface area contributed by atoms with Gasteiger partial charge in [0.15, 0.2) is 0 Å². The van der Waals surface area contributed by atoms with E-state index in [1.54, 1.807) is 44.4 Å². The number of esters is 2. The number of carbonyl (C=O) groups is 2. The Bertz CT molecular complexity index is 454. The average Bonchev–Trinajstić information content (AvgIpc) is 2.40. The standard InChI is InChI=1S/C14H17NO4/c1-3-18-13(16)9-12(14(17)19-4-2)8-11-6-5-7-15-10-11/h5-8,10H,3-4,9H2,1-2H3. The summed E-state index contributed by atoms with van der Waals surface area (Å²) in [7, 11) is 0. The molecule has 19 heavy (non-hydrogen) atoms. The molecule has 0 aliphatic carbocycles. The number of hydrogen-bond donors (Lipinski definition) is 0. The maximum atomic E-state index is 11.8. The molecule has 0 radical (unpaired) electrons. The Morgan fingerprint density at radius 1 is 1.26 bits per heavy atom. The maximum absolute atomic E-state index is 11.8. The van der Waals surface area contributed by atoms with Gasteiger partial charge in [0, 0.05) is 18.0 Å². The predicted octanol–water partition coefficient (Wildman–Crippen LogP) is 1.98. The summed E-state index contributed by atoms with van der Waals surface area (Å²) in [6, 6.07) is 3.54. The van der Waals surface area contributed by atoms with Crippen LogP contribution in [0.25, 0.3) is 6.08 Å². The summed E-state index contributed by atoms with van der Waals surface area (Å²) in [6.07, 6.45) is 4.71. The first-order valence-electron chi connectivity index (χ1n) is 6.10. The third-order valence-electron chi connectivity index (χ3n) is 2.20. The van der Waals surface area contributed by atoms with Gasteiger partial charge < -0.3 is 9.47 Å². The summed E-state index contributed by atoms with van der Waals surface area (Å²) >= 11 is 0. The minimum Gasteiger partial charge on any atom is -0.466 e. The van der Waals surface area contributed by atoms with E-state index in [0.29, 0.717) is 0 Å². The van der Waals surface area contributed by atoms with Crippen LogP contribution in [0.4, 0.5) is 0 Å². The second-order valence-electron chi connectivity index (χ2n) is 3.66. The minimum atomic E-state index is -0.514. The highest BCUT2D eigenvalue weighted by molar-refractivity contribution is 5.98. The van der Waals surface area contributed by atoms with Gasteiger partial charge in [0.25, 0.3) is 0 Å². The van der Waals surface area contributed by atoms with Gasteiger partial charge in [-0.2, -0.15) is 0 Å². The fourth-order valence-corrected chi connectivity index (χ4v) is 1.44. The van der Waals surface area contributed by atoms with Crippen molar-refractivity contribution in [3.8, 4) is 0 Å². The van der Waals surface area contributed by atoms with Crippen LogP contribution in [0.15, 0.2) is 30.1 Å². The van der Waals surface area contributed by atoms with Crippen molar-refractivity contribution in [2.75, 3.05) is 13.2 Å². The SMILES string of the molecule is CCOC(=O)CC(=Cc1cccnc1)C(=O)OCC. The number of ether oxygens (including phenoxy) is 2. The molecule has 0 unspecified atom stereocenters. The first-order valence-corrected chi connectivity index (χ1v) is 6.10. The Labute approximate surface area is 112 Å². The van der Waals surface area contributed by atoms with Crippen LogP contribution in [0.5, 0.6) is 0 Å². The molecule has 0 bridgehead atoms. The molecule has 0 saturated carbocycles. The van der Waals surface area contributed by atoms with E-state index in [9.17, 15) is 9.59 Å². The highest BCUT2D eigenvalue weighted by Crippen LogP contribution is 2.12. The first kappa shape index (κ1) is 14.9. The van der Waals surface area contributed by atoms with Crippen LogP contribution in [0.1, 0.15) is 25.8 Å². The Morgan fingerprint density at radius 3 is 2.58 bits per heavy atom. The van der Waals surface area contributed by atoms with Crippen molar-refractivity contribution in [2.45, 2.75) is 20.3 Å². The van der Waals surface area contributed by atoms with E-state index >= 15 is 0 Å². The number of rotatable bonds is 6. The van der Waals surface area contributed by atoms with Crippen molar-refractivity contribution < 1.29 is 19.1 Å². The van der Waals surface area contributed by atoms with E-state index in [-0.39, 0.29) is 25.2 Å². The molecule has 0 aromatic carbocycles. The van der Waals surface area contributed by atoms with Crippen LogP contribution >= 0.6 is 0 Å². The van der Waals surface area contributed by atoms with E-state index in [2.05, 4.69) is 4.98 Å². The smallest absolute Gasteiger partial charge is 0.334 e. The number of hydrogen-bond acceptors (Lipinski definition) is 5. The van der Waals surface area contributed by atoms with E-state index < -0.39 is 11.9 Å². The fourth-order valence-electron chi connectivity index (χ4n) is 1.44. The molecule has 1 rings (SSSR count). The molecule has 0 saturated heterocycles. The molecule has 0 atom stereocenters. The van der Waals surface area contributed by atoms with Gasteiger partial charge in [0.2, 0.25) is 0 Å². The normalized spacial score (nSPS) is 10.9. The Kier molecular flexibility index (Phi) is 6.29. The lowest BCUT2D eigenvalue weighted by Gasteiger charge is -2.07. The third kappa shape index (κ3) is 5.33. The van der Waals surface area contributed by atoms with Crippen molar-refractivity contribution in [3.63, 3.8) is 0 Å². The van der Waals surface area contributed by atoms with Crippen LogP contribution in [-0.2, 0) is 19.1 Å². The number of nitrogens with zero attached hydrogens (tertiary/aromatic N) is 1. The van der Waals surface area contributed by atoms with Gasteiger partial charge in [0.1, 0.15) is 0 Å². The summed E-state index contributed by atoms with van der Waals surface area (Å²) in [4.78, 5) is 27.2. The lowest BCUT2D eigenvalue weighted by atomic mass is 10.1. The van der Waals surface area contributed by atoms with Gasteiger partial charge >= 0.3 is 11.9 Å². The van der Waals surface area contributed by atoms with Crippen LogP contribution in [0, 0.1) is 0 Å². The van der Waals surface area contributed by atoms with Gasteiger partial charge in [-0.15, -0.1) is 0 Å². The zero-order valence-corrected chi connectivity index (χ0v) is 11.1. The number of aromatic nitrogens is 1. The third-order valence-corrected chi connectivity index (χ3v) is 2.20. The van der Waals surface area contributed by atoms with Crippen molar-refractivity contribution in [1.29, 1.82) is 0 Å². The van der Waals surface area contributed by atoms with Gasteiger partial charge in [0.05, 0.1) is 19.6 Å². The summed E-state index contributed by atoms with van der Waals surface area (Å²) in [5, 5.41) is 0. The fraction of sp³-hybridized carbons (Fsp3) is 0.357. The quantitative estimate of drug-likeness (QED) is 0.580. The molecule has 5 nitrogen and oxygen atoms in total. The molecule has 1 aromatic rings. The van der Waals surface area contributed by atoms with Gasteiger partial charge in [-0.25, -0.2) is 4.79 Å². The van der Waals surface area contributed by atoms with E-state index in [1.807, 2.05) is 0 Å². The van der Waals surface area contributed by atoms with Crippen LogP contribution in [0.3, 0.4) is 0 Å². The largest absolute Gasteiger partial charge is 0.466 e. The molecule has 102 valence electrons. The molecule has 1 heterocycles. The predicted molar refractivity (Wildman–Crippen MR) is 70.1 cm³/mol. The van der Waals surface area contributed by atoms with Gasteiger partial charge in [-0.05, 0) is 31.6 Å². The second-order valence-corrected chi connectivity index (χ2v) is 3.66. The topological polar surface area (TPSA) is 65.5 Å². The van der Waals surface area contributed by atoms with E-state index in [4.69, 9.17) is 9.47 Å². The maximum Gasteiger partial charge on any atom is 0.334 e. The van der Waals surface area contributed by atoms with Gasteiger partial charge in [-0.1, -0.05) is 6.07 Å². The molecule has 0 N–H and O–H groups in total. The van der Waals surface area contributed by atoms with Crippen LogP contribution in [-0.4, -0.2) is 30.1 Å². The molecule has 0 aliphatic rings. The van der Waals surface area contributed by atoms with Gasteiger partial charge in [-0.3, -0.25) is 9.78 Å². The van der Waals surface area contributed by atoms with E-state index in [1.165, 1.54) is 0 Å². The molecule has 0 aliphatic heterocycles. The highest BCUT2D eigenvalue weighted by Gasteiger charge is 2.15. The number of pyridine rings is 1. The second kappa shape index (κ2) is 8.02. The van der Waals surface area contributed by atoms with Crippen molar-refractivity contribution in [2.24, 2.45) is 0 Å². The summed E-state index contributed by atoms with van der Waals surface area (Å²) < 4.78 is 9.76. The average molecular weight is 263 g/mol. The molecule has 0 fully saturated rings. The summed E-state index contributed by atoms with van der Waals surface area (Å²) in [5.41, 5.74) is 0.989. The van der Waals surface area contributed by atoms with Crippen molar-refractivity contribution in [1.82, 2.24) is 4.98 Å².